The van der Waals surface area contributed by atoms with Gasteiger partial charge in [0.1, 0.15) is 5.60 Å². The number of methoxy groups -OCH3 is 1. The number of amides is 1. The molecule has 0 saturated heterocycles. The molecule has 1 N–H and O–H groups in total. The smallest absolute Gasteiger partial charge is 0.407 e. The van der Waals surface area contributed by atoms with Crippen molar-refractivity contribution in [3.8, 4) is 0 Å². The first kappa shape index (κ1) is 19.3. The minimum Gasteiger partial charge on any atom is -0.467 e. The van der Waals surface area contributed by atoms with Gasteiger partial charge >= 0.3 is 12.1 Å². The van der Waals surface area contributed by atoms with E-state index in [2.05, 4.69) is 10.1 Å². The lowest BCUT2D eigenvalue weighted by atomic mass is 10.2. The maximum atomic E-state index is 13.0. The van der Waals surface area contributed by atoms with Crippen LogP contribution in [0.3, 0.4) is 0 Å². The summed E-state index contributed by atoms with van der Waals surface area (Å²) >= 11 is 0. The monoisotopic (exact) mass is 285 g/mol. The lowest BCUT2D eigenvalue weighted by molar-refractivity contribution is -0.146. The standard InChI is InChI=1S/C11H20FNO4.ClH/c1-11(2,3)17-10(15)13-7-5-6-8(12)9(14)16-4;/h8H,5-7H2,1-4H3,(H,13,15);1H. The van der Waals surface area contributed by atoms with Crippen molar-refractivity contribution in [3.05, 3.63) is 0 Å². The summed E-state index contributed by atoms with van der Waals surface area (Å²) in [6, 6.07) is 0. The van der Waals surface area contributed by atoms with Crippen molar-refractivity contribution in [1.82, 2.24) is 5.32 Å². The molecule has 0 aromatic heterocycles. The van der Waals surface area contributed by atoms with Gasteiger partial charge in [-0.1, -0.05) is 0 Å². The number of alkyl halides is 1. The third-order valence-corrected chi connectivity index (χ3v) is 1.76. The second-order valence-electron chi connectivity index (χ2n) is 4.56. The molecule has 1 unspecified atom stereocenters. The molecule has 0 bridgehead atoms. The Hall–Kier alpha value is -1.04. The number of halogens is 2. The van der Waals surface area contributed by atoms with E-state index >= 15 is 0 Å². The van der Waals surface area contributed by atoms with Crippen molar-refractivity contribution in [2.75, 3.05) is 13.7 Å². The summed E-state index contributed by atoms with van der Waals surface area (Å²) in [5, 5.41) is 2.47. The normalized spacial score (nSPS) is 12.1. The minimum atomic E-state index is -1.64. The van der Waals surface area contributed by atoms with Gasteiger partial charge in [0, 0.05) is 6.54 Å². The number of carbonyl (C=O) groups is 2. The Morgan fingerprint density at radius 2 is 1.89 bits per heavy atom. The maximum Gasteiger partial charge on any atom is 0.407 e. The average molecular weight is 286 g/mol. The molecule has 0 aromatic carbocycles. The Labute approximate surface area is 113 Å². The van der Waals surface area contributed by atoms with Crippen molar-refractivity contribution >= 4 is 24.5 Å². The summed E-state index contributed by atoms with van der Waals surface area (Å²) in [6.45, 7) is 5.51. The van der Waals surface area contributed by atoms with Gasteiger partial charge in [0.2, 0.25) is 0 Å². The number of alkyl carbamates (subject to hydrolysis) is 1. The number of rotatable bonds is 5. The van der Waals surface area contributed by atoms with Crippen LogP contribution in [-0.2, 0) is 14.3 Å². The molecule has 0 spiro atoms. The van der Waals surface area contributed by atoms with E-state index in [1.165, 1.54) is 0 Å². The van der Waals surface area contributed by atoms with Gasteiger partial charge in [-0.15, -0.1) is 12.4 Å². The first-order valence-electron chi connectivity index (χ1n) is 5.45. The molecule has 0 fully saturated rings. The molecule has 5 nitrogen and oxygen atoms in total. The number of carbonyl (C=O) groups excluding carboxylic acids is 2. The van der Waals surface area contributed by atoms with E-state index in [1.807, 2.05) is 0 Å². The zero-order chi connectivity index (χ0) is 13.5. The Kier molecular flexibility index (Phi) is 9.61. The van der Waals surface area contributed by atoms with Crippen molar-refractivity contribution in [1.29, 1.82) is 0 Å². The first-order valence-corrected chi connectivity index (χ1v) is 5.45. The van der Waals surface area contributed by atoms with Gasteiger partial charge in [-0.05, 0) is 33.6 Å². The molecule has 108 valence electrons. The predicted octanol–water partition coefficient (Wildman–Crippen LogP) is 2.22. The number of nitrogens with one attached hydrogen (secondary N) is 1. The fourth-order valence-corrected chi connectivity index (χ4v) is 1.03. The Morgan fingerprint density at radius 1 is 1.33 bits per heavy atom. The van der Waals surface area contributed by atoms with Crippen molar-refractivity contribution in [2.24, 2.45) is 0 Å². The van der Waals surface area contributed by atoms with Gasteiger partial charge in [-0.3, -0.25) is 0 Å². The van der Waals surface area contributed by atoms with Crippen LogP contribution in [0.4, 0.5) is 9.18 Å². The molecule has 0 aliphatic carbocycles. The highest BCUT2D eigenvalue weighted by atomic mass is 35.5. The molecule has 18 heavy (non-hydrogen) atoms. The van der Waals surface area contributed by atoms with Crippen molar-refractivity contribution in [3.63, 3.8) is 0 Å². The van der Waals surface area contributed by atoms with Crippen LogP contribution < -0.4 is 5.32 Å². The largest absolute Gasteiger partial charge is 0.467 e. The second kappa shape index (κ2) is 8.97. The van der Waals surface area contributed by atoms with Gasteiger partial charge in [0.05, 0.1) is 7.11 Å². The van der Waals surface area contributed by atoms with Crippen molar-refractivity contribution in [2.45, 2.75) is 45.4 Å². The van der Waals surface area contributed by atoms with Gasteiger partial charge in [0.25, 0.3) is 0 Å². The Bertz CT molecular complexity index is 268. The van der Waals surface area contributed by atoms with Gasteiger partial charge in [-0.25, -0.2) is 14.0 Å². The third-order valence-electron chi connectivity index (χ3n) is 1.76. The zero-order valence-corrected chi connectivity index (χ0v) is 11.9. The second-order valence-corrected chi connectivity index (χ2v) is 4.56. The molecule has 1 atom stereocenters. The fourth-order valence-electron chi connectivity index (χ4n) is 1.03. The molecule has 0 radical (unpaired) electrons. The van der Waals surface area contributed by atoms with Crippen LogP contribution >= 0.6 is 12.4 Å². The molecular weight excluding hydrogens is 265 g/mol. The summed E-state index contributed by atoms with van der Waals surface area (Å²) in [6.07, 6.45) is -1.83. The lowest BCUT2D eigenvalue weighted by Crippen LogP contribution is -2.33. The number of esters is 1. The average Bonchev–Trinajstić information content (AvgIpc) is 2.20. The van der Waals surface area contributed by atoms with Gasteiger partial charge < -0.3 is 14.8 Å². The molecule has 0 heterocycles. The quantitative estimate of drug-likeness (QED) is 0.621. The Morgan fingerprint density at radius 3 is 2.33 bits per heavy atom. The molecule has 0 aromatic rings. The SMILES string of the molecule is COC(=O)C(F)CCCNC(=O)OC(C)(C)C.Cl. The van der Waals surface area contributed by atoms with Gasteiger partial charge in [0.15, 0.2) is 6.17 Å². The summed E-state index contributed by atoms with van der Waals surface area (Å²) in [7, 11) is 1.13. The van der Waals surface area contributed by atoms with E-state index in [0.717, 1.165) is 7.11 Å². The summed E-state index contributed by atoms with van der Waals surface area (Å²) in [5.74, 6) is -0.887. The van der Waals surface area contributed by atoms with Crippen molar-refractivity contribution < 1.29 is 23.5 Å². The number of ether oxygens (including phenoxy) is 2. The number of hydrogen-bond donors (Lipinski definition) is 1. The topological polar surface area (TPSA) is 64.6 Å². The van der Waals surface area contributed by atoms with Crippen LogP contribution in [0.15, 0.2) is 0 Å². The molecule has 7 heteroatoms. The summed E-state index contributed by atoms with van der Waals surface area (Å²) in [5.41, 5.74) is -0.557. The van der Waals surface area contributed by atoms with E-state index in [4.69, 9.17) is 4.74 Å². The molecule has 0 aliphatic heterocycles. The van der Waals surface area contributed by atoms with E-state index in [0.29, 0.717) is 6.42 Å². The molecular formula is C11H21ClFNO4. The van der Waals surface area contributed by atoms with E-state index in [-0.39, 0.29) is 25.4 Å². The van der Waals surface area contributed by atoms with Crippen LogP contribution in [0.2, 0.25) is 0 Å². The van der Waals surface area contributed by atoms with Crippen LogP contribution in [0, 0.1) is 0 Å². The summed E-state index contributed by atoms with van der Waals surface area (Å²) in [4.78, 5) is 21.9. The lowest BCUT2D eigenvalue weighted by Gasteiger charge is -2.19. The molecule has 1 amide bonds. The van der Waals surface area contributed by atoms with Gasteiger partial charge in [-0.2, -0.15) is 0 Å². The van der Waals surface area contributed by atoms with E-state index in [9.17, 15) is 14.0 Å². The Balaban J connectivity index is 0. The van der Waals surface area contributed by atoms with E-state index in [1.54, 1.807) is 20.8 Å². The molecule has 0 saturated carbocycles. The maximum absolute atomic E-state index is 13.0. The van der Waals surface area contributed by atoms with Crippen LogP contribution in [0.5, 0.6) is 0 Å². The van der Waals surface area contributed by atoms with E-state index < -0.39 is 23.8 Å². The predicted molar refractivity (Wildman–Crippen MR) is 67.6 cm³/mol. The van der Waals surface area contributed by atoms with Crippen LogP contribution in [0.1, 0.15) is 33.6 Å². The third kappa shape index (κ3) is 10.1. The van der Waals surface area contributed by atoms with Crippen LogP contribution in [-0.4, -0.2) is 37.5 Å². The summed E-state index contributed by atoms with van der Waals surface area (Å²) < 4.78 is 22.2. The fraction of sp³-hybridized carbons (Fsp3) is 0.818. The molecule has 0 aliphatic rings. The highest BCUT2D eigenvalue weighted by molar-refractivity contribution is 5.85. The zero-order valence-electron chi connectivity index (χ0n) is 11.1. The highest BCUT2D eigenvalue weighted by Crippen LogP contribution is 2.07. The van der Waals surface area contributed by atoms with Crippen LogP contribution in [0.25, 0.3) is 0 Å². The molecule has 0 rings (SSSR count). The minimum absolute atomic E-state index is 0. The highest BCUT2D eigenvalue weighted by Gasteiger charge is 2.18. The first-order chi connectivity index (χ1) is 7.76. The number of hydrogen-bond acceptors (Lipinski definition) is 4.